The summed E-state index contributed by atoms with van der Waals surface area (Å²) in [5, 5.41) is 18.2. The monoisotopic (exact) mass is 251 g/mol. The number of carbonyl (C=O) groups excluding carboxylic acids is 1. The number of hydrogen-bond donors (Lipinski definition) is 2. The largest absolute Gasteiger partial charge is 0.466 e. The van der Waals surface area contributed by atoms with Gasteiger partial charge in [0.15, 0.2) is 0 Å². The topological polar surface area (TPSA) is 70.3 Å². The molecular formula is C12H13NO3S. The van der Waals surface area contributed by atoms with E-state index in [-0.39, 0.29) is 19.0 Å². The molecule has 1 aromatic rings. The van der Waals surface area contributed by atoms with Gasteiger partial charge in [0.25, 0.3) is 0 Å². The lowest BCUT2D eigenvalue weighted by molar-refractivity contribution is -0.142. The highest BCUT2D eigenvalue weighted by Gasteiger charge is 2.14. The Morgan fingerprint density at radius 2 is 2.29 bits per heavy atom. The fourth-order valence-electron chi connectivity index (χ4n) is 1.52. The number of esters is 1. The smallest absolute Gasteiger partial charge is 0.310 e. The Balaban J connectivity index is 3.09. The third kappa shape index (κ3) is 3.22. The zero-order valence-electron chi connectivity index (χ0n) is 9.43. The molecule has 5 heteroatoms. The van der Waals surface area contributed by atoms with E-state index in [4.69, 9.17) is 10.00 Å². The zero-order valence-corrected chi connectivity index (χ0v) is 10.3. The second kappa shape index (κ2) is 6.28. The maximum Gasteiger partial charge on any atom is 0.310 e. The maximum absolute atomic E-state index is 11.4. The molecule has 0 atom stereocenters. The number of aliphatic hydroxyl groups is 1. The van der Waals surface area contributed by atoms with Crippen LogP contribution in [-0.2, 0) is 22.6 Å². The van der Waals surface area contributed by atoms with Gasteiger partial charge in [0, 0.05) is 10.5 Å². The van der Waals surface area contributed by atoms with Crippen LogP contribution in [0.2, 0.25) is 0 Å². The second-order valence-electron chi connectivity index (χ2n) is 3.35. The Morgan fingerprint density at radius 1 is 1.59 bits per heavy atom. The van der Waals surface area contributed by atoms with E-state index in [0.29, 0.717) is 28.2 Å². The molecule has 0 unspecified atom stereocenters. The number of nitrogens with zero attached hydrogens (tertiary/aromatic N) is 1. The molecule has 0 aliphatic carbocycles. The molecule has 0 aromatic heterocycles. The van der Waals surface area contributed by atoms with Gasteiger partial charge in [0.05, 0.1) is 25.2 Å². The number of nitriles is 1. The van der Waals surface area contributed by atoms with Crippen molar-refractivity contribution in [2.24, 2.45) is 0 Å². The van der Waals surface area contributed by atoms with Gasteiger partial charge in [0.2, 0.25) is 0 Å². The first-order chi connectivity index (χ1) is 8.13. The molecule has 0 radical (unpaired) electrons. The summed E-state index contributed by atoms with van der Waals surface area (Å²) in [7, 11) is 0. The van der Waals surface area contributed by atoms with Crippen molar-refractivity contribution in [1.29, 1.82) is 5.26 Å². The van der Waals surface area contributed by atoms with Gasteiger partial charge in [-0.1, -0.05) is 6.07 Å². The fraction of sp³-hybridized carbons (Fsp3) is 0.333. The third-order valence-corrected chi connectivity index (χ3v) is 2.67. The van der Waals surface area contributed by atoms with Crippen LogP contribution in [0.5, 0.6) is 0 Å². The molecule has 0 aliphatic rings. The van der Waals surface area contributed by atoms with Gasteiger partial charge in [-0.2, -0.15) is 5.26 Å². The minimum absolute atomic E-state index is 0.0481. The predicted octanol–water partition coefficient (Wildman–Crippen LogP) is 1.44. The average molecular weight is 251 g/mol. The number of thiol groups is 1. The van der Waals surface area contributed by atoms with E-state index in [9.17, 15) is 9.90 Å². The van der Waals surface area contributed by atoms with Crippen LogP contribution >= 0.6 is 12.6 Å². The standard InChI is InChI=1S/C12H13NO3S/c1-2-16-12(15)5-8-3-4-11(17)9(6-13)10(8)7-14/h3-4,14,17H,2,5,7H2,1H3. The van der Waals surface area contributed by atoms with E-state index in [1.54, 1.807) is 19.1 Å². The summed E-state index contributed by atoms with van der Waals surface area (Å²) in [6.07, 6.45) is 0.0481. The molecule has 0 heterocycles. The number of benzene rings is 1. The van der Waals surface area contributed by atoms with Gasteiger partial charge in [-0.3, -0.25) is 4.79 Å². The SMILES string of the molecule is CCOC(=O)Cc1ccc(S)c(C#N)c1CO. The first-order valence-corrected chi connectivity index (χ1v) is 5.59. The highest BCUT2D eigenvalue weighted by Crippen LogP contribution is 2.22. The molecule has 17 heavy (non-hydrogen) atoms. The van der Waals surface area contributed by atoms with Crippen molar-refractivity contribution in [3.05, 3.63) is 28.8 Å². The summed E-state index contributed by atoms with van der Waals surface area (Å²) in [6, 6.07) is 5.28. The molecule has 90 valence electrons. The fourth-order valence-corrected chi connectivity index (χ4v) is 1.78. The van der Waals surface area contributed by atoms with Gasteiger partial charge in [-0.15, -0.1) is 12.6 Å². The summed E-state index contributed by atoms with van der Waals surface area (Å²) in [6.45, 7) is 1.73. The first-order valence-electron chi connectivity index (χ1n) is 5.14. The lowest BCUT2D eigenvalue weighted by Gasteiger charge is -2.10. The van der Waals surface area contributed by atoms with E-state index in [0.717, 1.165) is 0 Å². The van der Waals surface area contributed by atoms with Crippen molar-refractivity contribution in [2.45, 2.75) is 24.8 Å². The van der Waals surface area contributed by atoms with Crippen molar-refractivity contribution < 1.29 is 14.6 Å². The molecule has 0 bridgehead atoms. The van der Waals surface area contributed by atoms with Crippen molar-refractivity contribution in [2.75, 3.05) is 6.61 Å². The zero-order chi connectivity index (χ0) is 12.8. The summed E-state index contributed by atoms with van der Waals surface area (Å²) >= 11 is 4.13. The number of aliphatic hydroxyl groups excluding tert-OH is 1. The van der Waals surface area contributed by atoms with Gasteiger partial charge < -0.3 is 9.84 Å². The van der Waals surface area contributed by atoms with Crippen molar-refractivity contribution in [1.82, 2.24) is 0 Å². The second-order valence-corrected chi connectivity index (χ2v) is 3.83. The summed E-state index contributed by atoms with van der Waals surface area (Å²) in [5.41, 5.74) is 1.34. The Hall–Kier alpha value is -1.51. The normalized spacial score (nSPS) is 9.76. The lowest BCUT2D eigenvalue weighted by Crippen LogP contribution is -2.10. The maximum atomic E-state index is 11.4. The molecule has 0 amide bonds. The van der Waals surface area contributed by atoms with Gasteiger partial charge >= 0.3 is 5.97 Å². The Bertz CT molecular complexity index is 466. The number of rotatable bonds is 4. The van der Waals surface area contributed by atoms with Crippen LogP contribution < -0.4 is 0 Å². The molecule has 0 fully saturated rings. The Labute approximate surface area is 105 Å². The highest BCUT2D eigenvalue weighted by molar-refractivity contribution is 7.80. The van der Waals surface area contributed by atoms with Crippen molar-refractivity contribution in [3.63, 3.8) is 0 Å². The first kappa shape index (κ1) is 13.6. The van der Waals surface area contributed by atoms with Crippen LogP contribution in [0.25, 0.3) is 0 Å². The summed E-state index contributed by atoms with van der Waals surface area (Å²) in [5.74, 6) is -0.377. The van der Waals surface area contributed by atoms with Crippen LogP contribution in [0.3, 0.4) is 0 Å². The molecule has 0 saturated heterocycles. The van der Waals surface area contributed by atoms with E-state index in [1.807, 2.05) is 6.07 Å². The quantitative estimate of drug-likeness (QED) is 0.627. The molecule has 1 rings (SSSR count). The predicted molar refractivity (Wildman–Crippen MR) is 64.7 cm³/mol. The third-order valence-electron chi connectivity index (χ3n) is 2.30. The van der Waals surface area contributed by atoms with Crippen LogP contribution in [0.15, 0.2) is 17.0 Å². The lowest BCUT2D eigenvalue weighted by atomic mass is 10.00. The van der Waals surface area contributed by atoms with Crippen LogP contribution in [-0.4, -0.2) is 17.7 Å². The summed E-state index contributed by atoms with van der Waals surface area (Å²) in [4.78, 5) is 11.8. The summed E-state index contributed by atoms with van der Waals surface area (Å²) < 4.78 is 4.83. The molecular weight excluding hydrogens is 238 g/mol. The molecule has 0 saturated carbocycles. The van der Waals surface area contributed by atoms with Crippen molar-refractivity contribution in [3.8, 4) is 6.07 Å². The Kier molecular flexibility index (Phi) is 5.01. The van der Waals surface area contributed by atoms with Gasteiger partial charge in [0.1, 0.15) is 6.07 Å². The molecule has 1 N–H and O–H groups in total. The minimum Gasteiger partial charge on any atom is -0.466 e. The minimum atomic E-state index is -0.377. The van der Waals surface area contributed by atoms with E-state index < -0.39 is 0 Å². The van der Waals surface area contributed by atoms with Gasteiger partial charge in [-0.25, -0.2) is 0 Å². The highest BCUT2D eigenvalue weighted by atomic mass is 32.1. The van der Waals surface area contributed by atoms with Crippen molar-refractivity contribution >= 4 is 18.6 Å². The Morgan fingerprint density at radius 3 is 2.82 bits per heavy atom. The number of ether oxygens (including phenoxy) is 1. The van der Waals surface area contributed by atoms with E-state index >= 15 is 0 Å². The van der Waals surface area contributed by atoms with E-state index in [1.165, 1.54) is 0 Å². The molecule has 1 aromatic carbocycles. The number of hydrogen-bond acceptors (Lipinski definition) is 5. The van der Waals surface area contributed by atoms with Crippen LogP contribution in [0.4, 0.5) is 0 Å². The number of carbonyl (C=O) groups is 1. The van der Waals surface area contributed by atoms with Gasteiger partial charge in [-0.05, 0) is 18.6 Å². The molecule has 0 aliphatic heterocycles. The van der Waals surface area contributed by atoms with Crippen LogP contribution in [0.1, 0.15) is 23.6 Å². The molecule has 4 nitrogen and oxygen atoms in total. The van der Waals surface area contributed by atoms with E-state index in [2.05, 4.69) is 12.6 Å². The molecule has 0 spiro atoms. The van der Waals surface area contributed by atoms with Crippen LogP contribution in [0, 0.1) is 11.3 Å². The average Bonchev–Trinajstić information content (AvgIpc) is 2.31.